The van der Waals surface area contributed by atoms with E-state index in [0.29, 0.717) is 0 Å². The zero-order valence-electron chi connectivity index (χ0n) is 17.4. The average Bonchev–Trinajstić information content (AvgIpc) is 2.79. The van der Waals surface area contributed by atoms with Crippen molar-refractivity contribution in [3.8, 4) is 11.5 Å². The highest BCUT2D eigenvalue weighted by Gasteiger charge is 2.45. The molecule has 2 aromatic rings. The quantitative estimate of drug-likeness (QED) is 0.308. The van der Waals surface area contributed by atoms with Crippen molar-refractivity contribution in [3.05, 3.63) is 53.6 Å². The SMILES string of the molecule is CCSc1ccc(CNC(=O)c2c(O)cccc2O[C@@H]2O[C@H](CO)[C@@H](O)[C@H](O)[C@H]2O)cc1. The molecule has 1 aliphatic heterocycles. The molecule has 0 aromatic heterocycles. The molecule has 174 valence electrons. The predicted molar refractivity (Wildman–Crippen MR) is 117 cm³/mol. The summed E-state index contributed by atoms with van der Waals surface area (Å²) in [5, 5.41) is 52.3. The maximum atomic E-state index is 12.8. The van der Waals surface area contributed by atoms with E-state index in [1.54, 1.807) is 11.8 Å². The van der Waals surface area contributed by atoms with Crippen LogP contribution in [0.2, 0.25) is 0 Å². The third kappa shape index (κ3) is 5.52. The largest absolute Gasteiger partial charge is 0.507 e. The Hall–Kier alpha value is -2.34. The number of aliphatic hydroxyl groups is 4. The van der Waals surface area contributed by atoms with Gasteiger partial charge in [0.2, 0.25) is 6.29 Å². The Bertz CT molecular complexity index is 907. The van der Waals surface area contributed by atoms with Gasteiger partial charge in [0.25, 0.3) is 5.91 Å². The number of hydrogen-bond acceptors (Lipinski definition) is 9. The Morgan fingerprint density at radius 1 is 1.09 bits per heavy atom. The molecule has 0 aliphatic carbocycles. The van der Waals surface area contributed by atoms with Crippen LogP contribution in [-0.4, -0.2) is 74.5 Å². The molecule has 6 N–H and O–H groups in total. The highest BCUT2D eigenvalue weighted by molar-refractivity contribution is 7.99. The van der Waals surface area contributed by atoms with Gasteiger partial charge >= 0.3 is 0 Å². The Kier molecular flexibility index (Phi) is 8.35. The van der Waals surface area contributed by atoms with Crippen molar-refractivity contribution >= 4 is 17.7 Å². The van der Waals surface area contributed by atoms with E-state index in [4.69, 9.17) is 9.47 Å². The molecule has 5 atom stereocenters. The van der Waals surface area contributed by atoms with Gasteiger partial charge in [0.15, 0.2) is 0 Å². The molecule has 1 heterocycles. The Labute approximate surface area is 189 Å². The zero-order valence-corrected chi connectivity index (χ0v) is 18.2. The fraction of sp³-hybridized carbons (Fsp3) is 0.409. The Morgan fingerprint density at radius 3 is 2.47 bits per heavy atom. The lowest BCUT2D eigenvalue weighted by molar-refractivity contribution is -0.277. The van der Waals surface area contributed by atoms with Crippen molar-refractivity contribution in [1.82, 2.24) is 5.32 Å². The van der Waals surface area contributed by atoms with E-state index < -0.39 is 43.2 Å². The van der Waals surface area contributed by atoms with Crippen LogP contribution in [0.25, 0.3) is 0 Å². The van der Waals surface area contributed by atoms with E-state index in [1.807, 2.05) is 24.3 Å². The number of amides is 1. The van der Waals surface area contributed by atoms with Crippen LogP contribution in [0.5, 0.6) is 11.5 Å². The number of carbonyl (C=O) groups is 1. The second-order valence-corrected chi connectivity index (χ2v) is 8.56. The van der Waals surface area contributed by atoms with Crippen LogP contribution >= 0.6 is 11.8 Å². The average molecular weight is 466 g/mol. The highest BCUT2D eigenvalue weighted by Crippen LogP contribution is 2.31. The van der Waals surface area contributed by atoms with Crippen LogP contribution < -0.4 is 10.1 Å². The number of hydrogen-bond donors (Lipinski definition) is 6. The molecule has 0 bridgehead atoms. The van der Waals surface area contributed by atoms with Gasteiger partial charge in [-0.1, -0.05) is 25.1 Å². The molecule has 0 saturated carbocycles. The number of phenolic OH excluding ortho intramolecular Hbond substituents is 1. The van der Waals surface area contributed by atoms with E-state index in [9.17, 15) is 30.3 Å². The molecule has 1 saturated heterocycles. The summed E-state index contributed by atoms with van der Waals surface area (Å²) in [4.78, 5) is 13.9. The molecule has 0 spiro atoms. The van der Waals surface area contributed by atoms with Gasteiger partial charge in [-0.25, -0.2) is 0 Å². The van der Waals surface area contributed by atoms with Gasteiger partial charge < -0.3 is 40.3 Å². The molecular formula is C22H27NO8S. The van der Waals surface area contributed by atoms with Gasteiger partial charge in [0.05, 0.1) is 6.61 Å². The minimum atomic E-state index is -1.65. The number of thioether (sulfide) groups is 1. The number of aromatic hydroxyl groups is 1. The van der Waals surface area contributed by atoms with Gasteiger partial charge in [-0.2, -0.15) is 0 Å². The van der Waals surface area contributed by atoms with Crippen LogP contribution in [0, 0.1) is 0 Å². The zero-order chi connectivity index (χ0) is 23.3. The van der Waals surface area contributed by atoms with E-state index in [1.165, 1.54) is 18.2 Å². The first-order chi connectivity index (χ1) is 15.3. The minimum Gasteiger partial charge on any atom is -0.507 e. The van der Waals surface area contributed by atoms with Crippen molar-refractivity contribution in [2.45, 2.75) is 49.1 Å². The standard InChI is InChI=1S/C22H27NO8S/c1-2-32-13-8-6-12(7-9-13)10-23-21(29)17-14(25)4-3-5-15(17)30-22-20(28)19(27)18(26)16(11-24)31-22/h3-9,16,18-20,22,24-28H,2,10-11H2,1H3,(H,23,29)/t16-,18-,19+,20-,22-/m1/s1. The summed E-state index contributed by atoms with van der Waals surface area (Å²) in [5.74, 6) is -0.101. The van der Waals surface area contributed by atoms with E-state index >= 15 is 0 Å². The number of carbonyl (C=O) groups excluding carboxylic acids is 1. The van der Waals surface area contributed by atoms with Gasteiger partial charge in [-0.15, -0.1) is 11.8 Å². The third-order valence-electron chi connectivity index (χ3n) is 5.01. The van der Waals surface area contributed by atoms with Crippen LogP contribution in [0.3, 0.4) is 0 Å². The second kappa shape index (κ2) is 11.0. The van der Waals surface area contributed by atoms with Crippen LogP contribution in [0.15, 0.2) is 47.4 Å². The van der Waals surface area contributed by atoms with Crippen molar-refractivity contribution < 1.29 is 39.8 Å². The molecular weight excluding hydrogens is 438 g/mol. The molecule has 2 aromatic carbocycles. The summed E-state index contributed by atoms with van der Waals surface area (Å²) in [6.07, 6.45) is -7.46. The summed E-state index contributed by atoms with van der Waals surface area (Å²) < 4.78 is 10.9. The number of aliphatic hydroxyl groups excluding tert-OH is 4. The summed E-state index contributed by atoms with van der Waals surface area (Å²) in [6, 6.07) is 11.9. The van der Waals surface area contributed by atoms with Gasteiger partial charge in [-0.3, -0.25) is 4.79 Å². The normalized spacial score (nSPS) is 25.3. The number of phenols is 1. The lowest BCUT2D eigenvalue weighted by Gasteiger charge is -2.39. The Morgan fingerprint density at radius 2 is 1.81 bits per heavy atom. The summed E-state index contributed by atoms with van der Waals surface area (Å²) in [5.41, 5.74) is 0.688. The summed E-state index contributed by atoms with van der Waals surface area (Å²) in [7, 11) is 0. The minimum absolute atomic E-state index is 0.0958. The Balaban J connectivity index is 1.73. The maximum absolute atomic E-state index is 12.8. The molecule has 0 radical (unpaired) electrons. The topological polar surface area (TPSA) is 149 Å². The third-order valence-corrected chi connectivity index (χ3v) is 5.90. The van der Waals surface area contributed by atoms with Crippen molar-refractivity contribution in [3.63, 3.8) is 0 Å². The first-order valence-corrected chi connectivity index (χ1v) is 11.1. The van der Waals surface area contributed by atoms with Crippen molar-refractivity contribution in [2.24, 2.45) is 0 Å². The lowest BCUT2D eigenvalue weighted by atomic mass is 9.99. The molecule has 1 aliphatic rings. The lowest BCUT2D eigenvalue weighted by Crippen LogP contribution is -2.60. The highest BCUT2D eigenvalue weighted by atomic mass is 32.2. The van der Waals surface area contributed by atoms with E-state index in [-0.39, 0.29) is 23.6 Å². The van der Waals surface area contributed by atoms with Crippen molar-refractivity contribution in [2.75, 3.05) is 12.4 Å². The van der Waals surface area contributed by atoms with Crippen molar-refractivity contribution in [1.29, 1.82) is 0 Å². The molecule has 32 heavy (non-hydrogen) atoms. The second-order valence-electron chi connectivity index (χ2n) is 7.23. The van der Waals surface area contributed by atoms with Gasteiger partial charge in [0.1, 0.15) is 41.5 Å². The molecule has 10 heteroatoms. The van der Waals surface area contributed by atoms with Crippen LogP contribution in [0.1, 0.15) is 22.8 Å². The first-order valence-electron chi connectivity index (χ1n) is 10.1. The first kappa shape index (κ1) is 24.3. The summed E-state index contributed by atoms with van der Waals surface area (Å²) in [6.45, 7) is 1.66. The number of nitrogens with one attached hydrogen (secondary N) is 1. The number of benzene rings is 2. The molecule has 1 amide bonds. The van der Waals surface area contributed by atoms with Gasteiger partial charge in [0, 0.05) is 11.4 Å². The molecule has 9 nitrogen and oxygen atoms in total. The summed E-state index contributed by atoms with van der Waals surface area (Å²) >= 11 is 1.71. The van der Waals surface area contributed by atoms with Crippen LogP contribution in [-0.2, 0) is 11.3 Å². The smallest absolute Gasteiger partial charge is 0.259 e. The molecule has 1 fully saturated rings. The van der Waals surface area contributed by atoms with Crippen LogP contribution in [0.4, 0.5) is 0 Å². The molecule has 3 rings (SSSR count). The van der Waals surface area contributed by atoms with E-state index in [2.05, 4.69) is 12.2 Å². The molecule has 0 unspecified atom stereocenters. The monoisotopic (exact) mass is 465 g/mol. The fourth-order valence-corrected chi connectivity index (χ4v) is 3.94. The number of ether oxygens (including phenoxy) is 2. The van der Waals surface area contributed by atoms with E-state index in [0.717, 1.165) is 16.2 Å². The fourth-order valence-electron chi connectivity index (χ4n) is 3.28. The number of rotatable bonds is 8. The maximum Gasteiger partial charge on any atom is 0.259 e. The predicted octanol–water partition coefficient (Wildman–Crippen LogP) is 0.613. The van der Waals surface area contributed by atoms with Gasteiger partial charge in [-0.05, 0) is 35.6 Å².